The Morgan fingerprint density at radius 2 is 1.82 bits per heavy atom. The van der Waals surface area contributed by atoms with Gasteiger partial charge in [0.25, 0.3) is 0 Å². The van der Waals surface area contributed by atoms with Crippen molar-refractivity contribution in [3.63, 3.8) is 0 Å². The molecule has 28 heavy (non-hydrogen) atoms. The van der Waals surface area contributed by atoms with Crippen molar-refractivity contribution < 1.29 is 18.8 Å². The molecule has 0 atom stereocenters. The fourth-order valence-corrected chi connectivity index (χ4v) is 3.76. The summed E-state index contributed by atoms with van der Waals surface area (Å²) in [4.78, 5) is 40.8. The molecule has 2 heterocycles. The van der Waals surface area contributed by atoms with Crippen LogP contribution < -0.4 is 5.32 Å². The maximum atomic E-state index is 13.2. The Morgan fingerprint density at radius 3 is 2.50 bits per heavy atom. The van der Waals surface area contributed by atoms with Crippen molar-refractivity contribution in [3.8, 4) is 0 Å². The van der Waals surface area contributed by atoms with E-state index in [4.69, 9.17) is 0 Å². The van der Waals surface area contributed by atoms with Gasteiger partial charge in [-0.25, -0.2) is 4.39 Å². The van der Waals surface area contributed by atoms with Gasteiger partial charge >= 0.3 is 0 Å². The minimum atomic E-state index is -0.400. The molecular formula is C20H22FN3O3S. The van der Waals surface area contributed by atoms with Gasteiger partial charge < -0.3 is 10.2 Å². The molecule has 0 radical (unpaired) electrons. The van der Waals surface area contributed by atoms with Crippen molar-refractivity contribution in [2.45, 2.75) is 12.8 Å². The molecule has 3 rings (SSSR count). The molecule has 0 bridgehead atoms. The number of anilines is 1. The fraction of sp³-hybridized carbons (Fsp3) is 0.350. The maximum absolute atomic E-state index is 13.2. The standard InChI is InChI=1S/C20H22FN3O3S/c21-15-3-1-4-16(13-15)22-19(26)14-23-8-10-24(11-9-23)20(27)7-6-17(25)18-5-2-12-28-18/h1-5,12-13H,6-11,14H2,(H,22,26). The van der Waals surface area contributed by atoms with E-state index in [2.05, 4.69) is 5.32 Å². The zero-order valence-corrected chi connectivity index (χ0v) is 16.2. The van der Waals surface area contributed by atoms with Gasteiger partial charge in [0, 0.05) is 44.7 Å². The monoisotopic (exact) mass is 403 g/mol. The van der Waals surface area contributed by atoms with Gasteiger partial charge in [0.05, 0.1) is 11.4 Å². The average Bonchev–Trinajstić information content (AvgIpc) is 3.21. The summed E-state index contributed by atoms with van der Waals surface area (Å²) in [5.41, 5.74) is 0.425. The first-order valence-electron chi connectivity index (χ1n) is 9.13. The van der Waals surface area contributed by atoms with Gasteiger partial charge in [-0.15, -0.1) is 11.3 Å². The topological polar surface area (TPSA) is 69.7 Å². The van der Waals surface area contributed by atoms with E-state index in [1.54, 1.807) is 23.1 Å². The quantitative estimate of drug-likeness (QED) is 0.722. The molecule has 6 nitrogen and oxygen atoms in total. The summed E-state index contributed by atoms with van der Waals surface area (Å²) in [5.74, 6) is -0.654. The minimum absolute atomic E-state index is 0.00370. The number of rotatable bonds is 7. The summed E-state index contributed by atoms with van der Waals surface area (Å²) in [6.45, 7) is 2.41. The highest BCUT2D eigenvalue weighted by Crippen LogP contribution is 2.14. The van der Waals surface area contributed by atoms with Crippen LogP contribution in [0.1, 0.15) is 22.5 Å². The predicted octanol–water partition coefficient (Wildman–Crippen LogP) is 2.63. The van der Waals surface area contributed by atoms with E-state index in [0.717, 1.165) is 0 Å². The molecular weight excluding hydrogens is 381 g/mol. The number of nitrogens with zero attached hydrogens (tertiary/aromatic N) is 2. The van der Waals surface area contributed by atoms with E-state index in [9.17, 15) is 18.8 Å². The summed E-state index contributed by atoms with van der Waals surface area (Å²) in [6, 6.07) is 9.36. The van der Waals surface area contributed by atoms with E-state index in [-0.39, 0.29) is 37.0 Å². The van der Waals surface area contributed by atoms with Crippen LogP contribution in [0.3, 0.4) is 0 Å². The molecule has 0 aliphatic carbocycles. The van der Waals surface area contributed by atoms with Crippen molar-refractivity contribution in [1.82, 2.24) is 9.80 Å². The number of ketones is 1. The molecule has 148 valence electrons. The lowest BCUT2D eigenvalue weighted by Gasteiger charge is -2.34. The summed E-state index contributed by atoms with van der Waals surface area (Å²) in [6.07, 6.45) is 0.423. The van der Waals surface area contributed by atoms with Crippen molar-refractivity contribution >= 4 is 34.6 Å². The number of carbonyl (C=O) groups is 3. The van der Waals surface area contributed by atoms with Gasteiger partial charge in [0.15, 0.2) is 5.78 Å². The normalized spacial score (nSPS) is 14.7. The van der Waals surface area contributed by atoms with Crippen LogP contribution in [-0.2, 0) is 9.59 Å². The zero-order valence-electron chi connectivity index (χ0n) is 15.4. The number of nitrogens with one attached hydrogen (secondary N) is 1. The summed E-state index contributed by atoms with van der Waals surface area (Å²) in [5, 5.41) is 4.52. The van der Waals surface area contributed by atoms with Crippen LogP contribution in [0.15, 0.2) is 41.8 Å². The summed E-state index contributed by atoms with van der Waals surface area (Å²) < 4.78 is 13.2. The Hall–Kier alpha value is -2.58. The summed E-state index contributed by atoms with van der Waals surface area (Å²) >= 11 is 1.39. The molecule has 0 spiro atoms. The highest BCUT2D eigenvalue weighted by molar-refractivity contribution is 7.12. The minimum Gasteiger partial charge on any atom is -0.340 e. The Morgan fingerprint density at radius 1 is 1.04 bits per heavy atom. The molecule has 1 aliphatic heterocycles. The third kappa shape index (κ3) is 5.71. The first kappa shape index (κ1) is 20.2. The van der Waals surface area contributed by atoms with E-state index < -0.39 is 5.82 Å². The lowest BCUT2D eigenvalue weighted by molar-refractivity contribution is -0.133. The van der Waals surface area contributed by atoms with Crippen LogP contribution in [0.4, 0.5) is 10.1 Å². The lowest BCUT2D eigenvalue weighted by atomic mass is 10.1. The second-order valence-electron chi connectivity index (χ2n) is 6.62. The van der Waals surface area contributed by atoms with Crippen LogP contribution in [0, 0.1) is 5.82 Å². The predicted molar refractivity (Wildman–Crippen MR) is 106 cm³/mol. The molecule has 1 saturated heterocycles. The Labute approximate surface area is 166 Å². The van der Waals surface area contributed by atoms with Gasteiger partial charge in [0.2, 0.25) is 11.8 Å². The van der Waals surface area contributed by atoms with E-state index in [1.807, 2.05) is 16.3 Å². The van der Waals surface area contributed by atoms with Crippen LogP contribution in [-0.4, -0.2) is 60.1 Å². The number of hydrogen-bond acceptors (Lipinski definition) is 5. The van der Waals surface area contributed by atoms with Crippen molar-refractivity contribution in [1.29, 1.82) is 0 Å². The number of piperazine rings is 1. The number of hydrogen-bond donors (Lipinski definition) is 1. The van der Waals surface area contributed by atoms with Gasteiger partial charge in [-0.2, -0.15) is 0 Å². The third-order valence-electron chi connectivity index (χ3n) is 4.56. The Balaban J connectivity index is 1.38. The van der Waals surface area contributed by atoms with Gasteiger partial charge in [-0.1, -0.05) is 12.1 Å². The largest absolute Gasteiger partial charge is 0.340 e. The average molecular weight is 403 g/mol. The molecule has 1 aromatic heterocycles. The maximum Gasteiger partial charge on any atom is 0.238 e. The second-order valence-corrected chi connectivity index (χ2v) is 7.56. The molecule has 2 aromatic rings. The molecule has 2 amide bonds. The molecule has 1 N–H and O–H groups in total. The Kier molecular flexibility index (Phi) is 6.89. The molecule has 1 aromatic carbocycles. The van der Waals surface area contributed by atoms with E-state index in [0.29, 0.717) is 36.7 Å². The van der Waals surface area contributed by atoms with Crippen LogP contribution in [0.5, 0.6) is 0 Å². The van der Waals surface area contributed by atoms with Crippen LogP contribution in [0.25, 0.3) is 0 Å². The number of amides is 2. The SMILES string of the molecule is O=C(CN1CCN(C(=O)CCC(=O)c2cccs2)CC1)Nc1cccc(F)c1. The number of benzene rings is 1. The summed E-state index contributed by atoms with van der Waals surface area (Å²) in [7, 11) is 0. The molecule has 0 saturated carbocycles. The molecule has 1 aliphatic rings. The number of halogens is 1. The molecule has 0 unspecified atom stereocenters. The second kappa shape index (κ2) is 9.57. The van der Waals surface area contributed by atoms with E-state index >= 15 is 0 Å². The van der Waals surface area contributed by atoms with Gasteiger partial charge in [-0.3, -0.25) is 19.3 Å². The first-order valence-corrected chi connectivity index (χ1v) is 10.0. The zero-order chi connectivity index (χ0) is 19.9. The van der Waals surface area contributed by atoms with Crippen molar-refractivity contribution in [2.24, 2.45) is 0 Å². The molecule has 1 fully saturated rings. The molecule has 8 heteroatoms. The van der Waals surface area contributed by atoms with Crippen LogP contribution in [0.2, 0.25) is 0 Å². The lowest BCUT2D eigenvalue weighted by Crippen LogP contribution is -2.50. The van der Waals surface area contributed by atoms with E-state index in [1.165, 1.54) is 23.5 Å². The number of carbonyl (C=O) groups excluding carboxylic acids is 3. The first-order chi connectivity index (χ1) is 13.5. The van der Waals surface area contributed by atoms with Crippen molar-refractivity contribution in [3.05, 3.63) is 52.5 Å². The fourth-order valence-electron chi connectivity index (χ4n) is 3.06. The number of thiophene rings is 1. The van der Waals surface area contributed by atoms with Crippen molar-refractivity contribution in [2.75, 3.05) is 38.0 Å². The van der Waals surface area contributed by atoms with Gasteiger partial charge in [-0.05, 0) is 29.6 Å². The Bertz CT molecular complexity index is 833. The van der Waals surface area contributed by atoms with Crippen LogP contribution >= 0.6 is 11.3 Å². The third-order valence-corrected chi connectivity index (χ3v) is 5.47. The smallest absolute Gasteiger partial charge is 0.238 e. The van der Waals surface area contributed by atoms with Gasteiger partial charge in [0.1, 0.15) is 5.82 Å². The number of Topliss-reactive ketones (excluding diaryl/α,β-unsaturated/α-hetero) is 1. The highest BCUT2D eigenvalue weighted by atomic mass is 32.1. The highest BCUT2D eigenvalue weighted by Gasteiger charge is 2.23.